The molecule has 0 fully saturated rings. The second kappa shape index (κ2) is 3.98. The van der Waals surface area contributed by atoms with Crippen LogP contribution >= 0.6 is 0 Å². The summed E-state index contributed by atoms with van der Waals surface area (Å²) in [6.45, 7) is -0.783. The Morgan fingerprint density at radius 3 is 2.50 bits per heavy atom. The highest BCUT2D eigenvalue weighted by Crippen LogP contribution is 2.31. The van der Waals surface area contributed by atoms with Crippen molar-refractivity contribution in [3.05, 3.63) is 26.5 Å². The van der Waals surface area contributed by atoms with Crippen LogP contribution in [0.5, 0.6) is 0 Å². The van der Waals surface area contributed by atoms with Crippen LogP contribution in [0.25, 0.3) is 11.0 Å². The summed E-state index contributed by atoms with van der Waals surface area (Å²) in [5.74, 6) is 0. The quantitative estimate of drug-likeness (QED) is 0.675. The molecule has 0 aliphatic carbocycles. The van der Waals surface area contributed by atoms with Gasteiger partial charge in [0.05, 0.1) is 13.2 Å². The first-order valence-electron chi connectivity index (χ1n) is 4.75. The third-order valence-electron chi connectivity index (χ3n) is 2.21. The number of aliphatic hydroxyl groups excluding tert-OH is 1. The topological polar surface area (TPSA) is 104 Å². The zero-order valence-electron chi connectivity index (χ0n) is 8.71. The number of halogens is 3. The second-order valence-corrected chi connectivity index (χ2v) is 3.42. The number of rotatable bonds is 2. The Bertz CT molecular complexity index is 696. The molecule has 0 aliphatic heterocycles. The van der Waals surface area contributed by atoms with Crippen LogP contribution in [0.4, 0.5) is 13.2 Å². The highest BCUT2D eigenvalue weighted by Gasteiger charge is 2.38. The molecular formula is C8H7F3N4O3. The summed E-state index contributed by atoms with van der Waals surface area (Å²) in [4.78, 5) is 26.1. The molecule has 2 aromatic rings. The fraction of sp³-hybridized carbons (Fsp3) is 0.375. The zero-order valence-corrected chi connectivity index (χ0v) is 8.71. The van der Waals surface area contributed by atoms with E-state index in [4.69, 9.17) is 5.11 Å². The average Bonchev–Trinajstić information content (AvgIpc) is 2.57. The monoisotopic (exact) mass is 264 g/mol. The van der Waals surface area contributed by atoms with E-state index in [1.54, 1.807) is 4.98 Å². The van der Waals surface area contributed by atoms with Crippen LogP contribution in [0.2, 0.25) is 0 Å². The van der Waals surface area contributed by atoms with Gasteiger partial charge in [-0.15, -0.1) is 0 Å². The third-order valence-corrected chi connectivity index (χ3v) is 2.21. The molecule has 2 heterocycles. The van der Waals surface area contributed by atoms with E-state index in [1.165, 1.54) is 0 Å². The number of aromatic nitrogens is 4. The van der Waals surface area contributed by atoms with E-state index >= 15 is 0 Å². The largest absolute Gasteiger partial charge is 0.437 e. The van der Waals surface area contributed by atoms with Gasteiger partial charge in [-0.05, 0) is 0 Å². The van der Waals surface area contributed by atoms with E-state index in [2.05, 4.69) is 5.10 Å². The second-order valence-electron chi connectivity index (χ2n) is 3.42. The molecule has 0 unspecified atom stereocenters. The molecule has 0 amide bonds. The van der Waals surface area contributed by atoms with Gasteiger partial charge in [-0.2, -0.15) is 18.3 Å². The lowest BCUT2D eigenvalue weighted by Crippen LogP contribution is -2.24. The van der Waals surface area contributed by atoms with Crippen molar-refractivity contribution in [1.29, 1.82) is 0 Å². The fourth-order valence-corrected chi connectivity index (χ4v) is 1.57. The van der Waals surface area contributed by atoms with Gasteiger partial charge in [0.2, 0.25) is 0 Å². The number of H-pyrrole nitrogens is 2. The maximum absolute atomic E-state index is 12.7. The summed E-state index contributed by atoms with van der Waals surface area (Å²) in [7, 11) is 0. The van der Waals surface area contributed by atoms with Gasteiger partial charge in [0.25, 0.3) is 5.56 Å². The Hall–Kier alpha value is -2.10. The zero-order chi connectivity index (χ0) is 13.5. The molecule has 0 aliphatic rings. The lowest BCUT2D eigenvalue weighted by molar-refractivity contribution is -0.140. The first-order valence-corrected chi connectivity index (χ1v) is 4.75. The molecule has 2 rings (SSSR count). The summed E-state index contributed by atoms with van der Waals surface area (Å²) < 4.78 is 38.7. The van der Waals surface area contributed by atoms with Crippen molar-refractivity contribution in [3.8, 4) is 0 Å². The molecule has 0 radical (unpaired) electrons. The molecular weight excluding hydrogens is 257 g/mol. The standard InChI is InChI=1S/C8H7F3N4O3/c9-8(10,11)5-3-4(15(14-5)1-2-16)6(17)13-7(18)12-3/h16H,1-2H2,(H2,12,13,17,18). The molecule has 3 N–H and O–H groups in total. The van der Waals surface area contributed by atoms with Crippen LogP contribution in [0.1, 0.15) is 5.69 Å². The molecule has 2 aromatic heterocycles. The van der Waals surface area contributed by atoms with Crippen LogP contribution in [0, 0.1) is 0 Å². The van der Waals surface area contributed by atoms with Crippen LogP contribution in [0.3, 0.4) is 0 Å². The Labute approximate surface area is 95.9 Å². The average molecular weight is 264 g/mol. The highest BCUT2D eigenvalue weighted by atomic mass is 19.4. The van der Waals surface area contributed by atoms with Gasteiger partial charge in [-0.3, -0.25) is 14.5 Å². The predicted octanol–water partition coefficient (Wildman–Crippen LogP) is -0.576. The number of hydrogen-bond acceptors (Lipinski definition) is 4. The number of aromatic amines is 2. The van der Waals surface area contributed by atoms with Crippen molar-refractivity contribution in [2.24, 2.45) is 0 Å². The van der Waals surface area contributed by atoms with Crippen molar-refractivity contribution < 1.29 is 18.3 Å². The van der Waals surface area contributed by atoms with Crippen LogP contribution in [-0.2, 0) is 12.7 Å². The number of aliphatic hydroxyl groups is 1. The van der Waals surface area contributed by atoms with Gasteiger partial charge < -0.3 is 10.1 Å². The number of fused-ring (bicyclic) bond motifs is 1. The lowest BCUT2D eigenvalue weighted by atomic mass is 10.3. The molecule has 0 saturated heterocycles. The first kappa shape index (κ1) is 12.4. The van der Waals surface area contributed by atoms with Crippen molar-refractivity contribution in [2.75, 3.05) is 6.61 Å². The molecule has 0 spiro atoms. The normalized spacial score (nSPS) is 12.2. The number of nitrogens with one attached hydrogen (secondary N) is 2. The smallest absolute Gasteiger partial charge is 0.394 e. The Balaban J connectivity index is 2.90. The van der Waals surface area contributed by atoms with Gasteiger partial charge in [-0.25, -0.2) is 4.79 Å². The van der Waals surface area contributed by atoms with Gasteiger partial charge in [-0.1, -0.05) is 0 Å². The van der Waals surface area contributed by atoms with E-state index in [0.717, 1.165) is 0 Å². The van der Waals surface area contributed by atoms with Gasteiger partial charge in [0.1, 0.15) is 5.52 Å². The van der Waals surface area contributed by atoms with E-state index in [1.807, 2.05) is 4.98 Å². The van der Waals surface area contributed by atoms with Crippen molar-refractivity contribution >= 4 is 11.0 Å². The summed E-state index contributed by atoms with van der Waals surface area (Å²) in [5, 5.41) is 11.9. The van der Waals surface area contributed by atoms with E-state index in [0.29, 0.717) is 4.68 Å². The van der Waals surface area contributed by atoms with E-state index < -0.39 is 40.8 Å². The Morgan fingerprint density at radius 2 is 1.94 bits per heavy atom. The van der Waals surface area contributed by atoms with Gasteiger partial charge in [0, 0.05) is 0 Å². The first-order chi connectivity index (χ1) is 8.34. The SMILES string of the molecule is O=c1[nH]c(=O)c2c([nH]1)c(C(F)(F)F)nn2CCO. The fourth-order valence-electron chi connectivity index (χ4n) is 1.57. The summed E-state index contributed by atoms with van der Waals surface area (Å²) in [5.41, 5.74) is -4.54. The van der Waals surface area contributed by atoms with E-state index in [-0.39, 0.29) is 6.54 Å². The third kappa shape index (κ3) is 1.90. The van der Waals surface area contributed by atoms with Crippen LogP contribution < -0.4 is 11.2 Å². The van der Waals surface area contributed by atoms with E-state index in [9.17, 15) is 22.8 Å². The molecule has 10 heteroatoms. The highest BCUT2D eigenvalue weighted by molar-refractivity contribution is 5.76. The minimum absolute atomic E-state index is 0.290. The molecule has 98 valence electrons. The Kier molecular flexibility index (Phi) is 2.73. The van der Waals surface area contributed by atoms with Crippen molar-refractivity contribution in [1.82, 2.24) is 19.7 Å². The van der Waals surface area contributed by atoms with Gasteiger partial charge >= 0.3 is 11.9 Å². The van der Waals surface area contributed by atoms with Crippen LogP contribution in [-0.4, -0.2) is 31.5 Å². The molecule has 0 atom stereocenters. The van der Waals surface area contributed by atoms with Crippen molar-refractivity contribution in [3.63, 3.8) is 0 Å². The number of nitrogens with zero attached hydrogens (tertiary/aromatic N) is 2. The maximum atomic E-state index is 12.7. The summed E-state index contributed by atoms with van der Waals surface area (Å²) >= 11 is 0. The summed E-state index contributed by atoms with van der Waals surface area (Å²) in [6, 6.07) is 0. The molecule has 7 nitrogen and oxygen atoms in total. The molecule has 0 aromatic carbocycles. The van der Waals surface area contributed by atoms with Crippen LogP contribution in [0.15, 0.2) is 9.59 Å². The predicted molar refractivity (Wildman–Crippen MR) is 53.1 cm³/mol. The molecule has 0 bridgehead atoms. The minimum atomic E-state index is -4.81. The number of hydrogen-bond donors (Lipinski definition) is 3. The molecule has 18 heavy (non-hydrogen) atoms. The van der Waals surface area contributed by atoms with Crippen molar-refractivity contribution in [2.45, 2.75) is 12.7 Å². The lowest BCUT2D eigenvalue weighted by Gasteiger charge is -2.01. The Morgan fingerprint density at radius 1 is 1.28 bits per heavy atom. The minimum Gasteiger partial charge on any atom is -0.394 e. The number of alkyl halides is 3. The molecule has 0 saturated carbocycles. The summed E-state index contributed by atoms with van der Waals surface area (Å²) in [6.07, 6.45) is -4.81. The van der Waals surface area contributed by atoms with Gasteiger partial charge in [0.15, 0.2) is 11.2 Å². The maximum Gasteiger partial charge on any atom is 0.437 e.